The number of ether oxygens (including phenoxy) is 3. The molecule has 26 heavy (non-hydrogen) atoms. The quantitative estimate of drug-likeness (QED) is 0.493. The van der Waals surface area contributed by atoms with Crippen molar-refractivity contribution in [3.05, 3.63) is 58.6 Å². The molecule has 1 aliphatic heterocycles. The van der Waals surface area contributed by atoms with Gasteiger partial charge in [0.25, 0.3) is 11.6 Å². The number of fused-ring (bicyclic) bond motifs is 1. The summed E-state index contributed by atoms with van der Waals surface area (Å²) in [5, 5.41) is 13.1. The summed E-state index contributed by atoms with van der Waals surface area (Å²) in [6.45, 7) is -0.578. The highest BCUT2D eigenvalue weighted by Crippen LogP contribution is 2.31. The number of nitro groups is 1. The van der Waals surface area contributed by atoms with Crippen molar-refractivity contribution < 1.29 is 28.7 Å². The number of nitrogens with one attached hydrogen (secondary N) is 1. The largest absolute Gasteiger partial charge is 0.485 e. The summed E-state index contributed by atoms with van der Waals surface area (Å²) < 4.78 is 15.8. The number of nitro benzene ring substituents is 1. The number of esters is 1. The summed E-state index contributed by atoms with van der Waals surface area (Å²) in [5.41, 5.74) is 0.0673. The van der Waals surface area contributed by atoms with Crippen LogP contribution in [0.2, 0.25) is 0 Å². The Balaban J connectivity index is 1.51. The van der Waals surface area contributed by atoms with E-state index in [9.17, 15) is 19.7 Å². The smallest absolute Gasteiger partial charge is 0.351 e. The first-order valence-electron chi connectivity index (χ1n) is 7.62. The molecule has 0 radical (unpaired) electrons. The average Bonchev–Trinajstić information content (AvgIpc) is 2.66. The molecule has 1 aliphatic rings. The molecule has 0 aromatic heterocycles. The van der Waals surface area contributed by atoms with Gasteiger partial charge < -0.3 is 19.5 Å². The van der Waals surface area contributed by atoms with Gasteiger partial charge in [0.15, 0.2) is 18.1 Å². The number of carbonyl (C=O) groups is 2. The molecule has 9 nitrogen and oxygen atoms in total. The summed E-state index contributed by atoms with van der Waals surface area (Å²) in [4.78, 5) is 34.0. The van der Waals surface area contributed by atoms with Gasteiger partial charge in [0.05, 0.1) is 4.92 Å². The predicted octanol–water partition coefficient (Wildman–Crippen LogP) is 1.92. The molecule has 0 unspecified atom stereocenters. The van der Waals surface area contributed by atoms with Crippen molar-refractivity contribution in [2.24, 2.45) is 0 Å². The summed E-state index contributed by atoms with van der Waals surface area (Å²) in [5.74, 6) is -0.425. The van der Waals surface area contributed by atoms with Crippen LogP contribution >= 0.6 is 0 Å². The fourth-order valence-corrected chi connectivity index (χ4v) is 2.26. The Hall–Kier alpha value is -3.62. The molecule has 2 aromatic carbocycles. The number of rotatable bonds is 5. The monoisotopic (exact) mass is 358 g/mol. The third kappa shape index (κ3) is 4.07. The SMILES string of the molecule is O=C(COC(=O)[C@H]1COc2ccccc2O1)Nc1cccc([N+](=O)[O-])c1. The van der Waals surface area contributed by atoms with Gasteiger partial charge in [-0.3, -0.25) is 14.9 Å². The van der Waals surface area contributed by atoms with Crippen molar-refractivity contribution in [2.45, 2.75) is 6.10 Å². The number of para-hydroxylation sites is 2. The fraction of sp³-hybridized carbons (Fsp3) is 0.176. The molecular formula is C17H14N2O7. The van der Waals surface area contributed by atoms with Crippen molar-refractivity contribution in [2.75, 3.05) is 18.5 Å². The molecule has 3 rings (SSSR count). The normalized spacial score (nSPS) is 15.0. The van der Waals surface area contributed by atoms with Gasteiger partial charge in [0.1, 0.15) is 6.61 Å². The lowest BCUT2D eigenvalue weighted by Crippen LogP contribution is -2.39. The van der Waals surface area contributed by atoms with Crippen molar-refractivity contribution in [3.63, 3.8) is 0 Å². The second-order valence-electron chi connectivity index (χ2n) is 5.33. The molecule has 1 atom stereocenters. The molecule has 134 valence electrons. The number of hydrogen-bond acceptors (Lipinski definition) is 7. The number of benzene rings is 2. The minimum atomic E-state index is -0.976. The fourth-order valence-electron chi connectivity index (χ4n) is 2.26. The van der Waals surface area contributed by atoms with E-state index in [1.165, 1.54) is 24.3 Å². The van der Waals surface area contributed by atoms with E-state index in [1.54, 1.807) is 24.3 Å². The van der Waals surface area contributed by atoms with Gasteiger partial charge in [0, 0.05) is 17.8 Å². The molecule has 9 heteroatoms. The van der Waals surface area contributed by atoms with E-state index < -0.39 is 29.5 Å². The van der Waals surface area contributed by atoms with Crippen LogP contribution in [-0.2, 0) is 14.3 Å². The number of carbonyl (C=O) groups excluding carboxylic acids is 2. The van der Waals surface area contributed by atoms with Crippen LogP contribution in [0.3, 0.4) is 0 Å². The minimum absolute atomic E-state index is 0.0255. The highest BCUT2D eigenvalue weighted by atomic mass is 16.6. The lowest BCUT2D eigenvalue weighted by Gasteiger charge is -2.24. The van der Waals surface area contributed by atoms with E-state index in [4.69, 9.17) is 14.2 Å². The van der Waals surface area contributed by atoms with Gasteiger partial charge >= 0.3 is 5.97 Å². The summed E-state index contributed by atoms with van der Waals surface area (Å²) >= 11 is 0. The number of anilines is 1. The molecule has 0 fully saturated rings. The molecule has 0 saturated carbocycles. The summed E-state index contributed by atoms with van der Waals surface area (Å²) in [7, 11) is 0. The predicted molar refractivity (Wildman–Crippen MR) is 89.0 cm³/mol. The Labute approximate surface area is 147 Å². The van der Waals surface area contributed by atoms with E-state index in [2.05, 4.69) is 5.32 Å². The zero-order valence-electron chi connectivity index (χ0n) is 13.4. The first-order valence-corrected chi connectivity index (χ1v) is 7.62. The Morgan fingerprint density at radius 3 is 2.73 bits per heavy atom. The maximum Gasteiger partial charge on any atom is 0.351 e. The molecular weight excluding hydrogens is 344 g/mol. The number of amides is 1. The topological polar surface area (TPSA) is 117 Å². The van der Waals surface area contributed by atoms with Crippen LogP contribution in [0.5, 0.6) is 11.5 Å². The van der Waals surface area contributed by atoms with Crippen molar-refractivity contribution in [1.29, 1.82) is 0 Å². The zero-order valence-corrected chi connectivity index (χ0v) is 13.4. The lowest BCUT2D eigenvalue weighted by molar-refractivity contribution is -0.384. The van der Waals surface area contributed by atoms with Gasteiger partial charge in [0.2, 0.25) is 6.10 Å². The Bertz CT molecular complexity index is 853. The van der Waals surface area contributed by atoms with E-state index in [-0.39, 0.29) is 18.0 Å². The van der Waals surface area contributed by atoms with Gasteiger partial charge in [-0.2, -0.15) is 0 Å². The standard InChI is InChI=1S/C17H14N2O7/c20-16(18-11-4-3-5-12(8-11)19(22)23)10-25-17(21)15-9-24-13-6-1-2-7-14(13)26-15/h1-8,15H,9-10H2,(H,18,20)/t15-/m1/s1. The maximum absolute atomic E-state index is 12.0. The van der Waals surface area contributed by atoms with E-state index >= 15 is 0 Å². The Kier molecular flexibility index (Phi) is 4.97. The molecule has 0 bridgehead atoms. The average molecular weight is 358 g/mol. The van der Waals surface area contributed by atoms with Crippen molar-refractivity contribution >= 4 is 23.3 Å². The lowest BCUT2D eigenvalue weighted by atomic mass is 10.2. The first-order chi connectivity index (χ1) is 12.5. The Morgan fingerprint density at radius 1 is 1.19 bits per heavy atom. The van der Waals surface area contributed by atoms with Crippen molar-refractivity contribution in [1.82, 2.24) is 0 Å². The van der Waals surface area contributed by atoms with Crippen LogP contribution in [0.4, 0.5) is 11.4 Å². The molecule has 1 N–H and O–H groups in total. The van der Waals surface area contributed by atoms with E-state index in [0.717, 1.165) is 0 Å². The third-order valence-corrected chi connectivity index (χ3v) is 3.46. The summed E-state index contributed by atoms with van der Waals surface area (Å²) in [6, 6.07) is 12.3. The van der Waals surface area contributed by atoms with Crippen LogP contribution in [0, 0.1) is 10.1 Å². The molecule has 1 heterocycles. The number of hydrogen-bond donors (Lipinski definition) is 1. The highest BCUT2D eigenvalue weighted by Gasteiger charge is 2.29. The van der Waals surface area contributed by atoms with Gasteiger partial charge in [-0.25, -0.2) is 4.79 Å². The van der Waals surface area contributed by atoms with Crippen LogP contribution in [0.25, 0.3) is 0 Å². The van der Waals surface area contributed by atoms with Crippen LogP contribution in [0.15, 0.2) is 48.5 Å². The van der Waals surface area contributed by atoms with Crippen molar-refractivity contribution in [3.8, 4) is 11.5 Å². The molecule has 1 amide bonds. The molecule has 0 saturated heterocycles. The molecule has 0 aliphatic carbocycles. The number of non-ortho nitro benzene ring substituents is 1. The number of nitrogens with zero attached hydrogens (tertiary/aromatic N) is 1. The molecule has 2 aromatic rings. The Morgan fingerprint density at radius 2 is 1.96 bits per heavy atom. The first kappa shape index (κ1) is 17.2. The second kappa shape index (κ2) is 7.51. The molecule has 0 spiro atoms. The van der Waals surface area contributed by atoms with Crippen LogP contribution in [0.1, 0.15) is 0 Å². The van der Waals surface area contributed by atoms with E-state index in [0.29, 0.717) is 11.5 Å². The summed E-state index contributed by atoms with van der Waals surface area (Å²) in [6.07, 6.45) is -0.976. The minimum Gasteiger partial charge on any atom is -0.485 e. The van der Waals surface area contributed by atoms with Gasteiger partial charge in [-0.1, -0.05) is 18.2 Å². The second-order valence-corrected chi connectivity index (χ2v) is 5.33. The zero-order chi connectivity index (χ0) is 18.5. The van der Waals surface area contributed by atoms with Gasteiger partial charge in [-0.15, -0.1) is 0 Å². The highest BCUT2D eigenvalue weighted by molar-refractivity contribution is 5.93. The third-order valence-electron chi connectivity index (χ3n) is 3.46. The maximum atomic E-state index is 12.0. The van der Waals surface area contributed by atoms with Crippen LogP contribution < -0.4 is 14.8 Å². The van der Waals surface area contributed by atoms with Gasteiger partial charge in [-0.05, 0) is 18.2 Å². The van der Waals surface area contributed by atoms with Crippen LogP contribution in [-0.4, -0.2) is 36.1 Å². The van der Waals surface area contributed by atoms with E-state index in [1.807, 2.05) is 0 Å².